The smallest absolute Gasteiger partial charge is 0.303 e. The predicted octanol–water partition coefficient (Wildman–Crippen LogP) is 1.87. The molecule has 88 valence electrons. The van der Waals surface area contributed by atoms with E-state index in [0.717, 1.165) is 0 Å². The Balaban J connectivity index is 2.45. The van der Waals surface area contributed by atoms with Gasteiger partial charge in [0.15, 0.2) is 5.76 Å². The predicted molar refractivity (Wildman–Crippen MR) is 57.5 cm³/mol. The number of carboxylic acid groups (broad SMARTS) is 1. The molecule has 0 spiro atoms. The Hall–Kier alpha value is -1.49. The van der Waals surface area contributed by atoms with E-state index in [1.807, 2.05) is 0 Å². The van der Waals surface area contributed by atoms with Crippen molar-refractivity contribution in [3.63, 3.8) is 0 Å². The van der Waals surface area contributed by atoms with Gasteiger partial charge in [-0.1, -0.05) is 11.6 Å². The van der Waals surface area contributed by atoms with Gasteiger partial charge in [0.25, 0.3) is 5.91 Å². The van der Waals surface area contributed by atoms with E-state index in [9.17, 15) is 9.59 Å². The summed E-state index contributed by atoms with van der Waals surface area (Å²) in [5.41, 5.74) is 0. The molecule has 0 unspecified atom stereocenters. The van der Waals surface area contributed by atoms with E-state index in [0.29, 0.717) is 18.0 Å². The van der Waals surface area contributed by atoms with Crippen LogP contribution in [-0.2, 0) is 4.79 Å². The van der Waals surface area contributed by atoms with Crippen LogP contribution in [0.3, 0.4) is 0 Å². The van der Waals surface area contributed by atoms with Gasteiger partial charge in [0.2, 0.25) is 0 Å². The summed E-state index contributed by atoms with van der Waals surface area (Å²) in [6, 6.07) is 1.43. The van der Waals surface area contributed by atoms with Crippen LogP contribution in [0.15, 0.2) is 16.7 Å². The van der Waals surface area contributed by atoms with Crippen LogP contribution in [0.1, 0.15) is 23.4 Å². The molecule has 1 aromatic heterocycles. The molecule has 0 saturated heterocycles. The fourth-order valence-electron chi connectivity index (χ4n) is 1.18. The number of carboxylic acids is 1. The average molecular weight is 246 g/mol. The Morgan fingerprint density at radius 1 is 1.56 bits per heavy atom. The van der Waals surface area contributed by atoms with Crippen LogP contribution in [0.4, 0.5) is 0 Å². The third-order valence-corrected chi connectivity index (χ3v) is 2.21. The van der Waals surface area contributed by atoms with Gasteiger partial charge in [-0.3, -0.25) is 9.59 Å². The fraction of sp³-hybridized carbons (Fsp3) is 0.400. The average Bonchev–Trinajstić information content (AvgIpc) is 2.63. The van der Waals surface area contributed by atoms with Gasteiger partial charge < -0.3 is 14.4 Å². The van der Waals surface area contributed by atoms with Gasteiger partial charge in [-0.15, -0.1) is 0 Å². The Kier molecular flexibility index (Phi) is 4.37. The Bertz CT molecular complexity index is 388. The van der Waals surface area contributed by atoms with Gasteiger partial charge in [0, 0.05) is 26.1 Å². The number of halogens is 1. The number of amides is 1. The lowest BCUT2D eigenvalue weighted by Crippen LogP contribution is -2.27. The number of rotatable bonds is 5. The summed E-state index contributed by atoms with van der Waals surface area (Å²) in [6.07, 6.45) is 1.72. The summed E-state index contributed by atoms with van der Waals surface area (Å²) >= 11 is 5.61. The van der Waals surface area contributed by atoms with Crippen LogP contribution < -0.4 is 0 Å². The van der Waals surface area contributed by atoms with E-state index in [4.69, 9.17) is 21.1 Å². The molecule has 16 heavy (non-hydrogen) atoms. The van der Waals surface area contributed by atoms with Crippen molar-refractivity contribution in [1.29, 1.82) is 0 Å². The zero-order valence-corrected chi connectivity index (χ0v) is 9.53. The highest BCUT2D eigenvalue weighted by Gasteiger charge is 2.15. The molecule has 1 heterocycles. The molecule has 0 bridgehead atoms. The van der Waals surface area contributed by atoms with Gasteiger partial charge in [0.1, 0.15) is 6.26 Å². The number of hydrogen-bond acceptors (Lipinski definition) is 3. The van der Waals surface area contributed by atoms with Crippen molar-refractivity contribution in [1.82, 2.24) is 4.90 Å². The summed E-state index contributed by atoms with van der Waals surface area (Å²) in [4.78, 5) is 23.3. The van der Waals surface area contributed by atoms with Gasteiger partial charge in [-0.2, -0.15) is 0 Å². The van der Waals surface area contributed by atoms with Crippen molar-refractivity contribution in [3.8, 4) is 0 Å². The normalized spacial score (nSPS) is 10.1. The van der Waals surface area contributed by atoms with Gasteiger partial charge in [0.05, 0.1) is 5.02 Å². The molecule has 0 aromatic carbocycles. The SMILES string of the molecule is CN(CCCC(=O)O)C(=O)c1cc(Cl)co1. The number of carbonyl (C=O) groups is 2. The molecule has 1 N–H and O–H groups in total. The van der Waals surface area contributed by atoms with Crippen LogP contribution >= 0.6 is 11.6 Å². The monoisotopic (exact) mass is 245 g/mol. The fourth-order valence-corrected chi connectivity index (χ4v) is 1.33. The quantitative estimate of drug-likeness (QED) is 0.860. The lowest BCUT2D eigenvalue weighted by molar-refractivity contribution is -0.137. The maximum absolute atomic E-state index is 11.7. The number of furan rings is 1. The number of hydrogen-bond donors (Lipinski definition) is 1. The van der Waals surface area contributed by atoms with Crippen molar-refractivity contribution in [3.05, 3.63) is 23.1 Å². The first-order chi connectivity index (χ1) is 7.50. The van der Waals surface area contributed by atoms with Crippen molar-refractivity contribution in [2.24, 2.45) is 0 Å². The van der Waals surface area contributed by atoms with E-state index < -0.39 is 5.97 Å². The van der Waals surface area contributed by atoms with Gasteiger partial charge in [-0.05, 0) is 6.42 Å². The molecule has 5 nitrogen and oxygen atoms in total. The zero-order chi connectivity index (χ0) is 12.1. The maximum atomic E-state index is 11.7. The zero-order valence-electron chi connectivity index (χ0n) is 8.77. The van der Waals surface area contributed by atoms with Crippen LogP contribution in [0.5, 0.6) is 0 Å². The first kappa shape index (κ1) is 12.6. The molecule has 1 amide bonds. The Morgan fingerprint density at radius 3 is 2.75 bits per heavy atom. The summed E-state index contributed by atoms with van der Waals surface area (Å²) in [7, 11) is 1.58. The van der Waals surface area contributed by atoms with Crippen LogP contribution in [-0.4, -0.2) is 35.5 Å². The van der Waals surface area contributed by atoms with Crippen LogP contribution in [0.25, 0.3) is 0 Å². The largest absolute Gasteiger partial charge is 0.481 e. The second-order valence-electron chi connectivity index (χ2n) is 3.35. The molecule has 1 aromatic rings. The van der Waals surface area contributed by atoms with E-state index in [1.165, 1.54) is 17.2 Å². The van der Waals surface area contributed by atoms with Crippen molar-refractivity contribution in [2.75, 3.05) is 13.6 Å². The molecule has 0 aliphatic carbocycles. The summed E-state index contributed by atoms with van der Waals surface area (Å²) < 4.78 is 4.94. The number of carbonyl (C=O) groups excluding carboxylic acids is 1. The minimum atomic E-state index is -0.873. The number of aliphatic carboxylic acids is 1. The lowest BCUT2D eigenvalue weighted by Gasteiger charge is -2.14. The summed E-state index contributed by atoms with van der Waals surface area (Å²) in [5.74, 6) is -1.03. The number of nitrogens with zero attached hydrogens (tertiary/aromatic N) is 1. The van der Waals surface area contributed by atoms with E-state index in [1.54, 1.807) is 7.05 Å². The van der Waals surface area contributed by atoms with Crippen molar-refractivity contribution >= 4 is 23.5 Å². The highest BCUT2D eigenvalue weighted by Crippen LogP contribution is 2.14. The second kappa shape index (κ2) is 5.55. The van der Waals surface area contributed by atoms with Crippen molar-refractivity contribution in [2.45, 2.75) is 12.8 Å². The van der Waals surface area contributed by atoms with Crippen LogP contribution in [0, 0.1) is 0 Å². The van der Waals surface area contributed by atoms with Gasteiger partial charge >= 0.3 is 5.97 Å². The highest BCUT2D eigenvalue weighted by atomic mass is 35.5. The van der Waals surface area contributed by atoms with E-state index >= 15 is 0 Å². The maximum Gasteiger partial charge on any atom is 0.303 e. The molecule has 0 atom stereocenters. The molecule has 0 aliphatic rings. The Morgan fingerprint density at radius 2 is 2.25 bits per heavy atom. The molecule has 0 fully saturated rings. The minimum absolute atomic E-state index is 0.0382. The molecule has 0 radical (unpaired) electrons. The minimum Gasteiger partial charge on any atom is -0.481 e. The van der Waals surface area contributed by atoms with E-state index in [2.05, 4.69) is 0 Å². The molecular weight excluding hydrogens is 234 g/mol. The molecule has 1 rings (SSSR count). The van der Waals surface area contributed by atoms with E-state index in [-0.39, 0.29) is 18.1 Å². The highest BCUT2D eigenvalue weighted by molar-refractivity contribution is 6.30. The first-order valence-electron chi connectivity index (χ1n) is 4.72. The lowest BCUT2D eigenvalue weighted by atomic mass is 10.3. The summed E-state index contributed by atoms with van der Waals surface area (Å²) in [5, 5.41) is 8.81. The first-order valence-corrected chi connectivity index (χ1v) is 5.10. The topological polar surface area (TPSA) is 70.8 Å². The molecule has 6 heteroatoms. The summed E-state index contributed by atoms with van der Waals surface area (Å²) in [6.45, 7) is 0.365. The standard InChI is InChI=1S/C10H12ClNO4/c1-12(4-2-3-9(13)14)10(15)8-5-7(11)6-16-8/h5-6H,2-4H2,1H3,(H,13,14). The van der Waals surface area contributed by atoms with Crippen LogP contribution in [0.2, 0.25) is 5.02 Å². The third kappa shape index (κ3) is 3.58. The van der Waals surface area contributed by atoms with Crippen molar-refractivity contribution < 1.29 is 19.1 Å². The second-order valence-corrected chi connectivity index (χ2v) is 3.79. The molecular formula is C10H12ClNO4. The molecule has 0 aliphatic heterocycles. The third-order valence-electron chi connectivity index (χ3n) is 2.01. The van der Waals surface area contributed by atoms with Gasteiger partial charge in [-0.25, -0.2) is 0 Å². The molecule has 0 saturated carbocycles. The Labute approximate surface area is 97.6 Å².